The summed E-state index contributed by atoms with van der Waals surface area (Å²) in [7, 11) is 0. The molecule has 2 nitrogen and oxygen atoms in total. The van der Waals surface area contributed by atoms with Crippen molar-refractivity contribution in [1.29, 1.82) is 0 Å². The predicted molar refractivity (Wildman–Crippen MR) is 95.9 cm³/mol. The highest BCUT2D eigenvalue weighted by Gasteiger charge is 2.12. The minimum absolute atomic E-state index is 0.151. The molecule has 0 bridgehead atoms. The Bertz CT molecular complexity index is 1020. The van der Waals surface area contributed by atoms with Crippen LogP contribution in [0.1, 0.15) is 11.1 Å². The van der Waals surface area contributed by atoms with E-state index >= 15 is 0 Å². The fourth-order valence-corrected chi connectivity index (χ4v) is 3.10. The van der Waals surface area contributed by atoms with Gasteiger partial charge in [0.15, 0.2) is 0 Å². The highest BCUT2D eigenvalue weighted by atomic mass is 19.1. The third-order valence-corrected chi connectivity index (χ3v) is 4.46. The molecule has 3 aromatic carbocycles. The van der Waals surface area contributed by atoms with Crippen LogP contribution in [0.25, 0.3) is 27.7 Å². The quantitative estimate of drug-likeness (QED) is 0.481. The molecule has 0 spiro atoms. The van der Waals surface area contributed by atoms with Crippen LogP contribution in [0.4, 0.5) is 4.39 Å². The fourth-order valence-electron chi connectivity index (χ4n) is 3.10. The van der Waals surface area contributed by atoms with Gasteiger partial charge in [0.1, 0.15) is 5.82 Å². The van der Waals surface area contributed by atoms with Gasteiger partial charge in [-0.3, -0.25) is 0 Å². The van der Waals surface area contributed by atoms with Crippen LogP contribution in [-0.4, -0.2) is 9.78 Å². The lowest BCUT2D eigenvalue weighted by Crippen LogP contribution is -1.97. The zero-order valence-corrected chi connectivity index (χ0v) is 13.6. The number of halogens is 1. The van der Waals surface area contributed by atoms with Gasteiger partial charge < -0.3 is 0 Å². The van der Waals surface area contributed by atoms with Gasteiger partial charge in [-0.1, -0.05) is 42.5 Å². The molecule has 0 N–H and O–H groups in total. The summed E-state index contributed by atoms with van der Waals surface area (Å²) < 4.78 is 15.9. The molecule has 4 aromatic rings. The van der Waals surface area contributed by atoms with E-state index < -0.39 is 0 Å². The van der Waals surface area contributed by atoms with Gasteiger partial charge in [0, 0.05) is 5.39 Å². The van der Waals surface area contributed by atoms with Crippen LogP contribution in [0.3, 0.4) is 0 Å². The summed E-state index contributed by atoms with van der Waals surface area (Å²) >= 11 is 0. The van der Waals surface area contributed by atoms with Gasteiger partial charge >= 0.3 is 0 Å². The number of hydrogen-bond acceptors (Lipinski definition) is 1. The molecule has 0 aliphatic heterocycles. The predicted octanol–water partition coefficient (Wildman–Crippen LogP) is 5.45. The van der Waals surface area contributed by atoms with Crippen LogP contribution in [-0.2, 0) is 0 Å². The number of aromatic nitrogens is 2. The third kappa shape index (κ3) is 2.29. The summed E-state index contributed by atoms with van der Waals surface area (Å²) in [4.78, 5) is 0. The topological polar surface area (TPSA) is 17.8 Å². The highest BCUT2D eigenvalue weighted by molar-refractivity contribution is 5.84. The van der Waals surface area contributed by atoms with E-state index in [1.807, 2.05) is 41.1 Å². The monoisotopic (exact) mass is 316 g/mol. The second kappa shape index (κ2) is 5.60. The molecule has 0 unspecified atom stereocenters. The van der Waals surface area contributed by atoms with E-state index in [9.17, 15) is 4.39 Å². The summed E-state index contributed by atoms with van der Waals surface area (Å²) in [5, 5.41) is 5.31. The van der Waals surface area contributed by atoms with Crippen LogP contribution >= 0.6 is 0 Å². The molecule has 3 heteroatoms. The van der Waals surface area contributed by atoms with Crippen molar-refractivity contribution >= 4 is 10.9 Å². The number of rotatable bonds is 2. The summed E-state index contributed by atoms with van der Waals surface area (Å²) in [6.45, 7) is 3.59. The highest BCUT2D eigenvalue weighted by Crippen LogP contribution is 2.27. The second-order valence-electron chi connectivity index (χ2n) is 6.03. The first kappa shape index (κ1) is 14.6. The summed E-state index contributed by atoms with van der Waals surface area (Å²) in [5.74, 6) is -0.151. The molecule has 1 aromatic heterocycles. The van der Waals surface area contributed by atoms with Crippen molar-refractivity contribution < 1.29 is 4.39 Å². The lowest BCUT2D eigenvalue weighted by atomic mass is 10.1. The van der Waals surface area contributed by atoms with E-state index in [2.05, 4.69) is 29.4 Å². The number of nitrogens with zero attached hydrogens (tertiary/aromatic N) is 2. The molecule has 0 fully saturated rings. The molecule has 0 aliphatic rings. The van der Waals surface area contributed by atoms with Crippen LogP contribution in [0, 0.1) is 19.7 Å². The Hall–Kier alpha value is -2.94. The van der Waals surface area contributed by atoms with Crippen LogP contribution in [0.2, 0.25) is 0 Å². The Morgan fingerprint density at radius 1 is 0.875 bits per heavy atom. The number of benzene rings is 3. The van der Waals surface area contributed by atoms with Gasteiger partial charge in [-0.2, -0.15) is 5.10 Å². The fraction of sp³-hybridized carbons (Fsp3) is 0.0952. The Labute approximate surface area is 140 Å². The first-order valence-corrected chi connectivity index (χ1v) is 7.94. The lowest BCUT2D eigenvalue weighted by Gasteiger charge is -2.08. The maximum atomic E-state index is 14.1. The number of fused-ring (bicyclic) bond motifs is 1. The SMILES string of the molecule is Cc1cc2c(cnn2-c2ccc(-c3ccccc3)cc2)c(C)c1F. The maximum Gasteiger partial charge on any atom is 0.129 e. The minimum atomic E-state index is -0.151. The first-order chi connectivity index (χ1) is 11.6. The molecule has 0 saturated carbocycles. The van der Waals surface area contributed by atoms with E-state index in [0.717, 1.165) is 22.2 Å². The molecule has 24 heavy (non-hydrogen) atoms. The van der Waals surface area contributed by atoms with Crippen molar-refractivity contribution in [1.82, 2.24) is 9.78 Å². The molecule has 0 amide bonds. The number of aryl methyl sites for hydroxylation is 2. The largest absolute Gasteiger partial charge is 0.233 e. The van der Waals surface area contributed by atoms with Gasteiger partial charge in [0.2, 0.25) is 0 Å². The summed E-state index contributed by atoms with van der Waals surface area (Å²) in [5.41, 5.74) is 5.53. The van der Waals surface area contributed by atoms with Crippen molar-refractivity contribution in [3.05, 3.63) is 83.8 Å². The Kier molecular flexibility index (Phi) is 3.42. The smallest absolute Gasteiger partial charge is 0.129 e. The molecule has 4 rings (SSSR count). The average Bonchev–Trinajstić information content (AvgIpc) is 3.04. The number of hydrogen-bond donors (Lipinski definition) is 0. The van der Waals surface area contributed by atoms with Gasteiger partial charge in [0.05, 0.1) is 17.4 Å². The van der Waals surface area contributed by atoms with Gasteiger partial charge in [-0.05, 0) is 54.3 Å². The van der Waals surface area contributed by atoms with Gasteiger partial charge in [-0.25, -0.2) is 9.07 Å². The van der Waals surface area contributed by atoms with Crippen LogP contribution in [0.15, 0.2) is 66.9 Å². The molecule has 0 saturated heterocycles. The van der Waals surface area contributed by atoms with Crippen molar-refractivity contribution in [2.24, 2.45) is 0 Å². The van der Waals surface area contributed by atoms with Crippen molar-refractivity contribution in [2.45, 2.75) is 13.8 Å². The summed E-state index contributed by atoms with van der Waals surface area (Å²) in [6, 6.07) is 20.4. The van der Waals surface area contributed by atoms with Crippen LogP contribution < -0.4 is 0 Å². The van der Waals surface area contributed by atoms with Crippen molar-refractivity contribution in [2.75, 3.05) is 0 Å². The molecule has 1 heterocycles. The van der Waals surface area contributed by atoms with Crippen LogP contribution in [0.5, 0.6) is 0 Å². The van der Waals surface area contributed by atoms with Crippen molar-refractivity contribution in [3.63, 3.8) is 0 Å². The molecule has 0 aliphatic carbocycles. The second-order valence-corrected chi connectivity index (χ2v) is 6.03. The van der Waals surface area contributed by atoms with Gasteiger partial charge in [-0.15, -0.1) is 0 Å². The van der Waals surface area contributed by atoms with Gasteiger partial charge in [0.25, 0.3) is 0 Å². The van der Waals surface area contributed by atoms with E-state index in [1.54, 1.807) is 20.0 Å². The van der Waals surface area contributed by atoms with E-state index in [1.165, 1.54) is 5.56 Å². The Morgan fingerprint density at radius 3 is 2.25 bits per heavy atom. The standard InChI is InChI=1S/C21H17FN2/c1-14-12-20-19(15(2)21(14)22)13-23-24(20)18-10-8-17(9-11-18)16-6-4-3-5-7-16/h3-13H,1-2H3. The lowest BCUT2D eigenvalue weighted by molar-refractivity contribution is 0.612. The zero-order chi connectivity index (χ0) is 16.7. The van der Waals surface area contributed by atoms with Crippen molar-refractivity contribution in [3.8, 4) is 16.8 Å². The Morgan fingerprint density at radius 2 is 1.54 bits per heavy atom. The van der Waals surface area contributed by atoms with E-state index in [-0.39, 0.29) is 5.82 Å². The maximum absolute atomic E-state index is 14.1. The molecular formula is C21H17FN2. The molecule has 118 valence electrons. The normalized spacial score (nSPS) is 11.1. The minimum Gasteiger partial charge on any atom is -0.233 e. The molecule has 0 radical (unpaired) electrons. The van der Waals surface area contributed by atoms with E-state index in [0.29, 0.717) is 11.1 Å². The average molecular weight is 316 g/mol. The zero-order valence-electron chi connectivity index (χ0n) is 13.6. The summed E-state index contributed by atoms with van der Waals surface area (Å²) in [6.07, 6.45) is 1.73. The third-order valence-electron chi connectivity index (χ3n) is 4.46. The van der Waals surface area contributed by atoms with E-state index in [4.69, 9.17) is 0 Å². The molecule has 0 atom stereocenters. The first-order valence-electron chi connectivity index (χ1n) is 7.94. The Balaban J connectivity index is 1.81. The molecular weight excluding hydrogens is 299 g/mol.